The summed E-state index contributed by atoms with van der Waals surface area (Å²) in [5.41, 5.74) is 1.90. The van der Waals surface area contributed by atoms with Gasteiger partial charge in [-0.1, -0.05) is 43.3 Å². The van der Waals surface area contributed by atoms with Gasteiger partial charge >= 0.3 is 0 Å². The van der Waals surface area contributed by atoms with Crippen molar-refractivity contribution in [1.29, 1.82) is 0 Å². The van der Waals surface area contributed by atoms with Gasteiger partial charge in [0.05, 0.1) is 12.3 Å². The highest BCUT2D eigenvalue weighted by molar-refractivity contribution is 5.56. The molecule has 0 radical (unpaired) electrons. The van der Waals surface area contributed by atoms with Gasteiger partial charge < -0.3 is 10.1 Å². The summed E-state index contributed by atoms with van der Waals surface area (Å²) in [5.74, 6) is 0.809. The summed E-state index contributed by atoms with van der Waals surface area (Å²) in [4.78, 5) is 0. The fourth-order valence-corrected chi connectivity index (χ4v) is 1.93. The summed E-state index contributed by atoms with van der Waals surface area (Å²) in [6.45, 7) is 3.29. The molecule has 2 aromatic carbocycles. The Morgan fingerprint density at radius 2 is 1.76 bits per heavy atom. The second kappa shape index (κ2) is 7.62. The summed E-state index contributed by atoms with van der Waals surface area (Å²) in [5, 5.41) is 3.27. The van der Waals surface area contributed by atoms with E-state index < -0.39 is 6.43 Å². The van der Waals surface area contributed by atoms with Crippen LogP contribution in [0, 0.1) is 0 Å². The van der Waals surface area contributed by atoms with Crippen LogP contribution in [0.5, 0.6) is 5.75 Å². The molecule has 0 spiro atoms. The second-order valence-electron chi connectivity index (χ2n) is 4.74. The van der Waals surface area contributed by atoms with Crippen LogP contribution in [-0.4, -0.2) is 6.61 Å². The lowest BCUT2D eigenvalue weighted by Crippen LogP contribution is -2.03. The van der Waals surface area contributed by atoms with Crippen LogP contribution in [0.3, 0.4) is 0 Å². The number of para-hydroxylation sites is 2. The van der Waals surface area contributed by atoms with Crippen molar-refractivity contribution in [3.8, 4) is 5.75 Å². The van der Waals surface area contributed by atoms with Crippen molar-refractivity contribution in [2.75, 3.05) is 11.9 Å². The molecule has 112 valence electrons. The Balaban J connectivity index is 1.99. The van der Waals surface area contributed by atoms with E-state index in [4.69, 9.17) is 4.74 Å². The minimum Gasteiger partial charge on any atom is -0.491 e. The second-order valence-corrected chi connectivity index (χ2v) is 4.74. The lowest BCUT2D eigenvalue weighted by Gasteiger charge is -2.13. The fourth-order valence-electron chi connectivity index (χ4n) is 1.93. The number of halogens is 2. The van der Waals surface area contributed by atoms with Crippen LogP contribution in [0.25, 0.3) is 0 Å². The van der Waals surface area contributed by atoms with Crippen molar-refractivity contribution >= 4 is 5.69 Å². The van der Waals surface area contributed by atoms with Crippen LogP contribution in [0.1, 0.15) is 30.9 Å². The van der Waals surface area contributed by atoms with Crippen LogP contribution in [-0.2, 0) is 6.54 Å². The first-order valence-corrected chi connectivity index (χ1v) is 7.03. The summed E-state index contributed by atoms with van der Waals surface area (Å²) < 4.78 is 30.6. The van der Waals surface area contributed by atoms with Gasteiger partial charge in [-0.25, -0.2) is 8.78 Å². The Hall–Kier alpha value is -2.10. The first kappa shape index (κ1) is 15.3. The van der Waals surface area contributed by atoms with Gasteiger partial charge in [-0.15, -0.1) is 0 Å². The van der Waals surface area contributed by atoms with Gasteiger partial charge in [0.15, 0.2) is 0 Å². The topological polar surface area (TPSA) is 21.3 Å². The van der Waals surface area contributed by atoms with E-state index in [1.807, 2.05) is 24.3 Å². The normalized spacial score (nSPS) is 10.7. The van der Waals surface area contributed by atoms with Crippen LogP contribution in [0.4, 0.5) is 14.5 Å². The number of hydrogen-bond donors (Lipinski definition) is 1. The lowest BCUT2D eigenvalue weighted by atomic mass is 10.1. The number of rotatable bonds is 7. The van der Waals surface area contributed by atoms with Gasteiger partial charge in [-0.05, 0) is 24.1 Å². The Bertz CT molecular complexity index is 555. The molecule has 0 unspecified atom stereocenters. The third kappa shape index (κ3) is 4.45. The zero-order valence-electron chi connectivity index (χ0n) is 12.0. The highest BCUT2D eigenvalue weighted by Gasteiger charge is 2.06. The van der Waals surface area contributed by atoms with E-state index in [1.54, 1.807) is 12.1 Å². The Morgan fingerprint density at radius 3 is 2.43 bits per heavy atom. The molecule has 0 aliphatic heterocycles. The Morgan fingerprint density at radius 1 is 1.05 bits per heavy atom. The molecule has 0 amide bonds. The van der Waals surface area contributed by atoms with Crippen molar-refractivity contribution in [2.24, 2.45) is 0 Å². The lowest BCUT2D eigenvalue weighted by molar-refractivity contribution is 0.151. The molecule has 4 heteroatoms. The third-order valence-electron chi connectivity index (χ3n) is 3.06. The molecular weight excluding hydrogens is 272 g/mol. The molecule has 0 aromatic heterocycles. The molecule has 0 fully saturated rings. The van der Waals surface area contributed by atoms with Gasteiger partial charge in [-0.2, -0.15) is 0 Å². The van der Waals surface area contributed by atoms with E-state index in [9.17, 15) is 8.78 Å². The molecule has 0 heterocycles. The maximum absolute atomic E-state index is 12.5. The summed E-state index contributed by atoms with van der Waals surface area (Å²) in [7, 11) is 0. The number of alkyl halides is 2. The quantitative estimate of drug-likeness (QED) is 0.773. The van der Waals surface area contributed by atoms with E-state index in [0.717, 1.165) is 23.4 Å². The molecule has 21 heavy (non-hydrogen) atoms. The largest absolute Gasteiger partial charge is 0.491 e. The van der Waals surface area contributed by atoms with E-state index in [1.165, 1.54) is 12.1 Å². The summed E-state index contributed by atoms with van der Waals surface area (Å²) in [6, 6.07) is 14.1. The van der Waals surface area contributed by atoms with Crippen molar-refractivity contribution < 1.29 is 13.5 Å². The van der Waals surface area contributed by atoms with Crippen LogP contribution in [0.15, 0.2) is 48.5 Å². The SMILES string of the molecule is CCCOc1ccccc1NCc1ccc(C(F)F)cc1. The average Bonchev–Trinajstić information content (AvgIpc) is 2.52. The molecule has 0 bridgehead atoms. The number of benzene rings is 2. The molecule has 2 aromatic rings. The maximum Gasteiger partial charge on any atom is 0.263 e. The zero-order valence-corrected chi connectivity index (χ0v) is 12.0. The maximum atomic E-state index is 12.5. The minimum atomic E-state index is -2.42. The molecule has 0 saturated carbocycles. The average molecular weight is 291 g/mol. The van der Waals surface area contributed by atoms with Crippen molar-refractivity contribution in [3.63, 3.8) is 0 Å². The van der Waals surface area contributed by atoms with Gasteiger partial charge in [0.2, 0.25) is 0 Å². The fraction of sp³-hybridized carbons (Fsp3) is 0.294. The van der Waals surface area contributed by atoms with Gasteiger partial charge in [0, 0.05) is 12.1 Å². The summed E-state index contributed by atoms with van der Waals surface area (Å²) >= 11 is 0. The molecule has 2 nitrogen and oxygen atoms in total. The molecule has 0 atom stereocenters. The van der Waals surface area contributed by atoms with Crippen LogP contribution >= 0.6 is 0 Å². The number of hydrogen-bond acceptors (Lipinski definition) is 2. The number of ether oxygens (including phenoxy) is 1. The summed E-state index contributed by atoms with van der Waals surface area (Å²) in [6.07, 6.45) is -1.47. The van der Waals surface area contributed by atoms with Gasteiger partial charge in [0.1, 0.15) is 5.75 Å². The molecule has 1 N–H and O–H groups in total. The van der Waals surface area contributed by atoms with E-state index in [2.05, 4.69) is 12.2 Å². The predicted octanol–water partition coefficient (Wildman–Crippen LogP) is 5.03. The molecule has 0 aliphatic carbocycles. The highest BCUT2D eigenvalue weighted by Crippen LogP contribution is 2.25. The Kier molecular flexibility index (Phi) is 5.55. The predicted molar refractivity (Wildman–Crippen MR) is 81.0 cm³/mol. The minimum absolute atomic E-state index is 0.0467. The van der Waals surface area contributed by atoms with Gasteiger partial charge in [-0.3, -0.25) is 0 Å². The Labute approximate surface area is 123 Å². The van der Waals surface area contributed by atoms with E-state index in [-0.39, 0.29) is 5.56 Å². The molecule has 2 rings (SSSR count). The zero-order chi connectivity index (χ0) is 15.1. The van der Waals surface area contributed by atoms with Crippen LogP contribution in [0.2, 0.25) is 0 Å². The number of nitrogens with one attached hydrogen (secondary N) is 1. The molecular formula is C17H19F2NO. The highest BCUT2D eigenvalue weighted by atomic mass is 19.3. The standard InChI is InChI=1S/C17H19F2NO/c1-2-11-21-16-6-4-3-5-15(16)20-12-13-7-9-14(10-8-13)17(18)19/h3-10,17,20H,2,11-12H2,1H3. The number of anilines is 1. The smallest absolute Gasteiger partial charge is 0.263 e. The van der Waals surface area contributed by atoms with E-state index in [0.29, 0.717) is 13.2 Å². The molecule has 0 aliphatic rings. The van der Waals surface area contributed by atoms with Gasteiger partial charge in [0.25, 0.3) is 6.43 Å². The van der Waals surface area contributed by atoms with Crippen molar-refractivity contribution in [1.82, 2.24) is 0 Å². The third-order valence-corrected chi connectivity index (χ3v) is 3.06. The first-order chi connectivity index (χ1) is 10.2. The molecule has 0 saturated heterocycles. The first-order valence-electron chi connectivity index (χ1n) is 7.03. The van der Waals surface area contributed by atoms with Crippen LogP contribution < -0.4 is 10.1 Å². The van der Waals surface area contributed by atoms with E-state index >= 15 is 0 Å². The monoisotopic (exact) mass is 291 g/mol. The van der Waals surface area contributed by atoms with Crippen molar-refractivity contribution in [2.45, 2.75) is 26.3 Å². The van der Waals surface area contributed by atoms with Crippen molar-refractivity contribution in [3.05, 3.63) is 59.7 Å².